The van der Waals surface area contributed by atoms with E-state index in [1.807, 2.05) is 55.9 Å². The van der Waals surface area contributed by atoms with Crippen LogP contribution in [0.2, 0.25) is 0 Å². The van der Waals surface area contributed by atoms with Crippen LogP contribution >= 0.6 is 11.8 Å². The molecule has 0 spiro atoms. The number of rotatable bonds is 6. The van der Waals surface area contributed by atoms with Crippen LogP contribution in [0.1, 0.15) is 12.5 Å². The summed E-state index contributed by atoms with van der Waals surface area (Å²) in [6, 6.07) is 7.73. The first-order valence-electron chi connectivity index (χ1n) is 7.98. The van der Waals surface area contributed by atoms with Crippen molar-refractivity contribution in [2.45, 2.75) is 25.5 Å². The number of amides is 1. The molecule has 8 heteroatoms. The maximum atomic E-state index is 12.1. The number of benzene rings is 1. The number of nitrogens with one attached hydrogen (secondary N) is 1. The fourth-order valence-electron chi connectivity index (χ4n) is 2.39. The summed E-state index contributed by atoms with van der Waals surface area (Å²) in [6.07, 6.45) is 3.66. The third-order valence-electron chi connectivity index (χ3n) is 3.66. The molecule has 0 fully saturated rings. The van der Waals surface area contributed by atoms with Gasteiger partial charge in [-0.2, -0.15) is 5.10 Å². The zero-order chi connectivity index (χ0) is 17.8. The highest BCUT2D eigenvalue weighted by Crippen LogP contribution is 2.23. The van der Waals surface area contributed by atoms with Crippen molar-refractivity contribution >= 4 is 23.4 Å². The molecule has 130 valence electrons. The fourth-order valence-corrected chi connectivity index (χ4v) is 3.20. The van der Waals surface area contributed by atoms with Crippen molar-refractivity contribution in [2.75, 3.05) is 11.1 Å². The molecule has 2 aromatic heterocycles. The van der Waals surface area contributed by atoms with Crippen LogP contribution in [0.4, 0.5) is 5.69 Å². The number of hydrogen-bond acceptors (Lipinski definition) is 5. The number of anilines is 1. The first-order chi connectivity index (χ1) is 12.1. The number of nitrogens with zero attached hydrogens (tertiary/aromatic N) is 5. The van der Waals surface area contributed by atoms with Gasteiger partial charge < -0.3 is 9.88 Å². The molecule has 3 rings (SSSR count). The summed E-state index contributed by atoms with van der Waals surface area (Å²) in [5, 5.41) is 16.3. The van der Waals surface area contributed by atoms with E-state index in [2.05, 4.69) is 20.6 Å². The molecule has 0 radical (unpaired) electrons. The highest BCUT2D eigenvalue weighted by atomic mass is 32.2. The molecular weight excluding hydrogens is 336 g/mol. The SMILES string of the molecule is CCn1c(SCC(=O)Nc2ccc(C)cc2)nnc1-c1cnn(C)c1. The molecule has 1 N–H and O–H groups in total. The lowest BCUT2D eigenvalue weighted by Gasteiger charge is -2.07. The number of hydrogen-bond donors (Lipinski definition) is 1. The summed E-state index contributed by atoms with van der Waals surface area (Å²) in [5.41, 5.74) is 2.86. The van der Waals surface area contributed by atoms with E-state index in [0.717, 1.165) is 34.3 Å². The van der Waals surface area contributed by atoms with Gasteiger partial charge in [-0.25, -0.2) is 0 Å². The molecule has 0 saturated heterocycles. The van der Waals surface area contributed by atoms with Crippen molar-refractivity contribution in [1.29, 1.82) is 0 Å². The van der Waals surface area contributed by atoms with E-state index >= 15 is 0 Å². The van der Waals surface area contributed by atoms with Gasteiger partial charge in [-0.3, -0.25) is 9.48 Å². The zero-order valence-electron chi connectivity index (χ0n) is 14.4. The van der Waals surface area contributed by atoms with E-state index in [9.17, 15) is 4.79 Å². The van der Waals surface area contributed by atoms with Gasteiger partial charge in [-0.1, -0.05) is 29.5 Å². The van der Waals surface area contributed by atoms with Gasteiger partial charge in [-0.05, 0) is 26.0 Å². The number of aromatic nitrogens is 5. The van der Waals surface area contributed by atoms with Gasteiger partial charge in [0.05, 0.1) is 17.5 Å². The summed E-state index contributed by atoms with van der Waals surface area (Å²) in [7, 11) is 1.86. The van der Waals surface area contributed by atoms with Crippen molar-refractivity contribution in [1.82, 2.24) is 24.5 Å². The Bertz CT molecular complexity index is 868. The first-order valence-corrected chi connectivity index (χ1v) is 8.97. The van der Waals surface area contributed by atoms with Gasteiger partial charge in [0, 0.05) is 25.5 Å². The molecule has 25 heavy (non-hydrogen) atoms. The molecule has 0 aliphatic heterocycles. The van der Waals surface area contributed by atoms with Gasteiger partial charge in [0.1, 0.15) is 0 Å². The fraction of sp³-hybridized carbons (Fsp3) is 0.294. The number of carbonyl (C=O) groups is 1. The van der Waals surface area contributed by atoms with E-state index in [0.29, 0.717) is 0 Å². The second-order valence-electron chi connectivity index (χ2n) is 5.66. The van der Waals surface area contributed by atoms with Crippen LogP contribution in [0.25, 0.3) is 11.4 Å². The Kier molecular flexibility index (Phi) is 5.18. The Hall–Kier alpha value is -2.61. The quantitative estimate of drug-likeness (QED) is 0.687. The Morgan fingerprint density at radius 1 is 1.24 bits per heavy atom. The Labute approximate surface area is 150 Å². The lowest BCUT2D eigenvalue weighted by Crippen LogP contribution is -2.14. The van der Waals surface area contributed by atoms with Crippen LogP contribution in [-0.4, -0.2) is 36.2 Å². The van der Waals surface area contributed by atoms with Gasteiger partial charge in [0.15, 0.2) is 11.0 Å². The minimum atomic E-state index is -0.0672. The second-order valence-corrected chi connectivity index (χ2v) is 6.60. The highest BCUT2D eigenvalue weighted by molar-refractivity contribution is 7.99. The molecule has 0 aliphatic carbocycles. The van der Waals surface area contributed by atoms with Crippen LogP contribution in [0.15, 0.2) is 41.8 Å². The summed E-state index contributed by atoms with van der Waals surface area (Å²) in [6.45, 7) is 4.76. The second kappa shape index (κ2) is 7.52. The van der Waals surface area contributed by atoms with E-state index in [-0.39, 0.29) is 11.7 Å². The molecule has 2 heterocycles. The molecular formula is C17H20N6OS. The monoisotopic (exact) mass is 356 g/mol. The topological polar surface area (TPSA) is 77.6 Å². The van der Waals surface area contributed by atoms with Crippen molar-refractivity contribution in [3.05, 3.63) is 42.2 Å². The van der Waals surface area contributed by atoms with E-state index in [1.165, 1.54) is 11.8 Å². The van der Waals surface area contributed by atoms with E-state index < -0.39 is 0 Å². The minimum Gasteiger partial charge on any atom is -0.325 e. The lowest BCUT2D eigenvalue weighted by molar-refractivity contribution is -0.113. The van der Waals surface area contributed by atoms with Crippen molar-refractivity contribution in [3.8, 4) is 11.4 Å². The predicted molar refractivity (Wildman–Crippen MR) is 98.4 cm³/mol. The molecule has 1 aromatic carbocycles. The third-order valence-corrected chi connectivity index (χ3v) is 4.63. The van der Waals surface area contributed by atoms with Crippen LogP contribution in [-0.2, 0) is 18.4 Å². The lowest BCUT2D eigenvalue weighted by atomic mass is 10.2. The maximum Gasteiger partial charge on any atom is 0.234 e. The van der Waals surface area contributed by atoms with Crippen LogP contribution < -0.4 is 5.32 Å². The molecule has 0 bridgehead atoms. The average Bonchev–Trinajstić information content (AvgIpc) is 3.20. The molecule has 0 saturated carbocycles. The molecule has 0 unspecified atom stereocenters. The molecule has 0 aliphatic rings. The van der Waals surface area contributed by atoms with Crippen molar-refractivity contribution in [2.24, 2.45) is 7.05 Å². The minimum absolute atomic E-state index is 0.0672. The summed E-state index contributed by atoms with van der Waals surface area (Å²) in [4.78, 5) is 12.1. The summed E-state index contributed by atoms with van der Waals surface area (Å²) < 4.78 is 3.71. The van der Waals surface area contributed by atoms with Gasteiger partial charge in [0.25, 0.3) is 0 Å². The summed E-state index contributed by atoms with van der Waals surface area (Å²) >= 11 is 1.37. The Morgan fingerprint density at radius 2 is 2.00 bits per heavy atom. The number of thioether (sulfide) groups is 1. The first kappa shape index (κ1) is 17.2. The Morgan fingerprint density at radius 3 is 2.64 bits per heavy atom. The smallest absolute Gasteiger partial charge is 0.234 e. The Balaban J connectivity index is 1.66. The molecule has 1 amide bonds. The molecule has 3 aromatic rings. The van der Waals surface area contributed by atoms with Gasteiger partial charge in [0.2, 0.25) is 5.91 Å². The van der Waals surface area contributed by atoms with Crippen molar-refractivity contribution in [3.63, 3.8) is 0 Å². The highest BCUT2D eigenvalue weighted by Gasteiger charge is 2.15. The van der Waals surface area contributed by atoms with E-state index in [4.69, 9.17) is 0 Å². The van der Waals surface area contributed by atoms with Gasteiger partial charge >= 0.3 is 0 Å². The average molecular weight is 356 g/mol. The van der Waals surface area contributed by atoms with Crippen LogP contribution in [0, 0.1) is 6.92 Å². The zero-order valence-corrected chi connectivity index (χ0v) is 15.2. The molecule has 0 atom stereocenters. The third kappa shape index (κ3) is 4.08. The maximum absolute atomic E-state index is 12.1. The van der Waals surface area contributed by atoms with Gasteiger partial charge in [-0.15, -0.1) is 10.2 Å². The van der Waals surface area contributed by atoms with E-state index in [1.54, 1.807) is 10.9 Å². The summed E-state index contributed by atoms with van der Waals surface area (Å²) in [5.74, 6) is 0.971. The normalized spacial score (nSPS) is 10.8. The molecule has 7 nitrogen and oxygen atoms in total. The standard InChI is InChI=1S/C17H20N6OS/c1-4-23-16(13-9-18-22(3)10-13)20-21-17(23)25-11-15(24)19-14-7-5-12(2)6-8-14/h5-10H,4,11H2,1-3H3,(H,19,24). The largest absolute Gasteiger partial charge is 0.325 e. The van der Waals surface area contributed by atoms with Crippen LogP contribution in [0.3, 0.4) is 0 Å². The number of aryl methyl sites for hydroxylation is 2. The van der Waals surface area contributed by atoms with Crippen molar-refractivity contribution < 1.29 is 4.79 Å². The predicted octanol–water partition coefficient (Wildman–Crippen LogP) is 2.74. The number of carbonyl (C=O) groups excluding carboxylic acids is 1. The van der Waals surface area contributed by atoms with Crippen LogP contribution in [0.5, 0.6) is 0 Å².